The van der Waals surface area contributed by atoms with E-state index in [9.17, 15) is 14.7 Å². The molecule has 2 heterocycles. The molecule has 0 aromatic heterocycles. The molecule has 4 rings (SSSR count). The summed E-state index contributed by atoms with van der Waals surface area (Å²) in [6.07, 6.45) is 0.715. The number of carbonyl (C=O) groups excluding carboxylic acids is 2. The Labute approximate surface area is 199 Å². The first-order chi connectivity index (χ1) is 16.5. The van der Waals surface area contributed by atoms with Crippen LogP contribution in [-0.2, 0) is 14.3 Å². The molecule has 2 fully saturated rings. The summed E-state index contributed by atoms with van der Waals surface area (Å²) in [5, 5.41) is 11.2. The van der Waals surface area contributed by atoms with Gasteiger partial charge < -0.3 is 24.2 Å². The first-order valence-electron chi connectivity index (χ1n) is 11.4. The Balaban J connectivity index is 1.67. The SMILES string of the molecule is COc1ccc(/C(O)=C2\C(=O)C(=O)N(CCCN3CCOCC3)[C@H]2c2ccccc2)cc1OC. The van der Waals surface area contributed by atoms with E-state index in [0.717, 1.165) is 25.2 Å². The van der Waals surface area contributed by atoms with Gasteiger partial charge in [-0.2, -0.15) is 0 Å². The van der Waals surface area contributed by atoms with Crippen molar-refractivity contribution in [3.05, 3.63) is 65.2 Å². The molecule has 2 aliphatic heterocycles. The highest BCUT2D eigenvalue weighted by Crippen LogP contribution is 2.40. The average molecular weight is 467 g/mol. The Morgan fingerprint density at radius 1 is 1.00 bits per heavy atom. The van der Waals surface area contributed by atoms with E-state index in [4.69, 9.17) is 14.2 Å². The number of amides is 1. The van der Waals surface area contributed by atoms with Gasteiger partial charge in [-0.3, -0.25) is 14.5 Å². The maximum Gasteiger partial charge on any atom is 0.295 e. The molecule has 0 aliphatic carbocycles. The molecular weight excluding hydrogens is 436 g/mol. The third-order valence-corrected chi connectivity index (χ3v) is 6.29. The van der Waals surface area contributed by atoms with Gasteiger partial charge in [-0.05, 0) is 30.2 Å². The van der Waals surface area contributed by atoms with Crippen molar-refractivity contribution in [1.82, 2.24) is 9.80 Å². The number of ether oxygens (including phenoxy) is 3. The molecular formula is C26H30N2O6. The summed E-state index contributed by atoms with van der Waals surface area (Å²) in [6, 6.07) is 13.6. The summed E-state index contributed by atoms with van der Waals surface area (Å²) in [4.78, 5) is 30.1. The van der Waals surface area contributed by atoms with E-state index in [2.05, 4.69) is 4.90 Å². The molecule has 1 amide bonds. The topological polar surface area (TPSA) is 88.5 Å². The highest BCUT2D eigenvalue weighted by atomic mass is 16.5. The monoisotopic (exact) mass is 466 g/mol. The van der Waals surface area contributed by atoms with E-state index in [1.54, 1.807) is 23.1 Å². The number of hydrogen-bond donors (Lipinski definition) is 1. The number of carbonyl (C=O) groups is 2. The standard InChI is InChI=1S/C26H30N2O6/c1-32-20-10-9-19(17-21(20)33-2)24(29)22-23(18-7-4-3-5-8-18)28(26(31)25(22)30)12-6-11-27-13-15-34-16-14-27/h3-5,7-10,17,23,29H,6,11-16H2,1-2H3/b24-22+/t23-/m0/s1. The van der Waals surface area contributed by atoms with Crippen LogP contribution in [0, 0.1) is 0 Å². The van der Waals surface area contributed by atoms with Crippen LogP contribution in [0.3, 0.4) is 0 Å². The lowest BCUT2D eigenvalue weighted by atomic mass is 9.95. The molecule has 180 valence electrons. The fourth-order valence-electron chi connectivity index (χ4n) is 4.52. The van der Waals surface area contributed by atoms with E-state index >= 15 is 0 Å². The van der Waals surface area contributed by atoms with Gasteiger partial charge in [0.25, 0.3) is 11.7 Å². The number of aliphatic hydroxyl groups excluding tert-OH is 1. The fourth-order valence-corrected chi connectivity index (χ4v) is 4.52. The largest absolute Gasteiger partial charge is 0.507 e. The number of Topliss-reactive ketones (excluding diaryl/α,β-unsaturated/α-hetero) is 1. The number of benzene rings is 2. The van der Waals surface area contributed by atoms with Crippen molar-refractivity contribution in [2.75, 3.05) is 53.6 Å². The lowest BCUT2D eigenvalue weighted by Crippen LogP contribution is -2.38. The number of ketones is 1. The van der Waals surface area contributed by atoms with Crippen LogP contribution >= 0.6 is 0 Å². The number of methoxy groups -OCH3 is 2. The van der Waals surface area contributed by atoms with Crippen LogP contribution < -0.4 is 9.47 Å². The summed E-state index contributed by atoms with van der Waals surface area (Å²) in [5.74, 6) is -0.598. The van der Waals surface area contributed by atoms with Gasteiger partial charge in [0, 0.05) is 31.7 Å². The van der Waals surface area contributed by atoms with E-state index in [1.807, 2.05) is 30.3 Å². The van der Waals surface area contributed by atoms with Crippen LogP contribution in [0.5, 0.6) is 11.5 Å². The number of hydrogen-bond acceptors (Lipinski definition) is 7. The van der Waals surface area contributed by atoms with E-state index in [1.165, 1.54) is 14.2 Å². The van der Waals surface area contributed by atoms with Crippen molar-refractivity contribution in [2.24, 2.45) is 0 Å². The minimum atomic E-state index is -0.687. The Morgan fingerprint density at radius 2 is 1.71 bits per heavy atom. The van der Waals surface area contributed by atoms with Crippen LogP contribution in [0.15, 0.2) is 54.1 Å². The third kappa shape index (κ3) is 4.78. The number of morpholine rings is 1. The molecule has 1 atom stereocenters. The zero-order valence-electron chi connectivity index (χ0n) is 19.5. The molecule has 0 saturated carbocycles. The third-order valence-electron chi connectivity index (χ3n) is 6.29. The van der Waals surface area contributed by atoms with Gasteiger partial charge in [0.2, 0.25) is 0 Å². The Bertz CT molecular complexity index is 1060. The smallest absolute Gasteiger partial charge is 0.295 e. The molecule has 0 unspecified atom stereocenters. The Hall–Kier alpha value is -3.36. The predicted molar refractivity (Wildman–Crippen MR) is 127 cm³/mol. The van der Waals surface area contributed by atoms with Crippen LogP contribution in [-0.4, -0.2) is 80.2 Å². The molecule has 2 aliphatic rings. The quantitative estimate of drug-likeness (QED) is 0.364. The summed E-state index contributed by atoms with van der Waals surface area (Å²) >= 11 is 0. The van der Waals surface area contributed by atoms with Crippen LogP contribution in [0.4, 0.5) is 0 Å². The van der Waals surface area contributed by atoms with Gasteiger partial charge in [0.1, 0.15) is 5.76 Å². The van der Waals surface area contributed by atoms with Crippen molar-refractivity contribution in [2.45, 2.75) is 12.5 Å². The Kier molecular flexibility index (Phi) is 7.49. The minimum absolute atomic E-state index is 0.0785. The van der Waals surface area contributed by atoms with Crippen molar-refractivity contribution < 1.29 is 28.9 Å². The minimum Gasteiger partial charge on any atom is -0.507 e. The highest BCUT2D eigenvalue weighted by molar-refractivity contribution is 6.46. The van der Waals surface area contributed by atoms with Crippen molar-refractivity contribution in [3.63, 3.8) is 0 Å². The van der Waals surface area contributed by atoms with E-state index in [0.29, 0.717) is 43.2 Å². The predicted octanol–water partition coefficient (Wildman–Crippen LogP) is 2.85. The average Bonchev–Trinajstić information content (AvgIpc) is 3.14. The zero-order valence-corrected chi connectivity index (χ0v) is 19.5. The second-order valence-electron chi connectivity index (χ2n) is 8.28. The Morgan fingerprint density at radius 3 is 2.38 bits per heavy atom. The summed E-state index contributed by atoms with van der Waals surface area (Å²) in [7, 11) is 3.02. The van der Waals surface area contributed by atoms with Gasteiger partial charge >= 0.3 is 0 Å². The fraction of sp³-hybridized carbons (Fsp3) is 0.385. The molecule has 8 nitrogen and oxygen atoms in total. The molecule has 0 radical (unpaired) electrons. The second-order valence-corrected chi connectivity index (χ2v) is 8.28. The van der Waals surface area contributed by atoms with Gasteiger partial charge in [-0.25, -0.2) is 0 Å². The molecule has 0 spiro atoms. The first kappa shape index (κ1) is 23.8. The molecule has 34 heavy (non-hydrogen) atoms. The maximum absolute atomic E-state index is 13.2. The van der Waals surface area contributed by atoms with Crippen LogP contribution in [0.2, 0.25) is 0 Å². The molecule has 2 saturated heterocycles. The van der Waals surface area contributed by atoms with Crippen molar-refractivity contribution >= 4 is 17.4 Å². The van der Waals surface area contributed by atoms with E-state index < -0.39 is 17.7 Å². The van der Waals surface area contributed by atoms with Gasteiger partial charge in [0.15, 0.2) is 11.5 Å². The normalized spacial score (nSPS) is 20.5. The van der Waals surface area contributed by atoms with Crippen molar-refractivity contribution in [3.8, 4) is 11.5 Å². The van der Waals surface area contributed by atoms with Gasteiger partial charge in [-0.1, -0.05) is 30.3 Å². The summed E-state index contributed by atoms with van der Waals surface area (Å²) in [6.45, 7) is 4.36. The van der Waals surface area contributed by atoms with Gasteiger partial charge in [0.05, 0.1) is 39.0 Å². The molecule has 0 bridgehead atoms. The number of aliphatic hydroxyl groups is 1. The maximum atomic E-state index is 13.2. The lowest BCUT2D eigenvalue weighted by molar-refractivity contribution is -0.140. The molecule has 2 aromatic rings. The first-order valence-corrected chi connectivity index (χ1v) is 11.4. The zero-order chi connectivity index (χ0) is 24.1. The highest BCUT2D eigenvalue weighted by Gasteiger charge is 2.45. The summed E-state index contributed by atoms with van der Waals surface area (Å²) in [5.41, 5.74) is 1.23. The van der Waals surface area contributed by atoms with Crippen LogP contribution in [0.25, 0.3) is 5.76 Å². The van der Waals surface area contributed by atoms with Crippen LogP contribution in [0.1, 0.15) is 23.6 Å². The number of likely N-dealkylation sites (tertiary alicyclic amines) is 1. The van der Waals surface area contributed by atoms with E-state index in [-0.39, 0.29) is 11.3 Å². The summed E-state index contributed by atoms with van der Waals surface area (Å²) < 4.78 is 16.0. The number of rotatable bonds is 8. The van der Waals surface area contributed by atoms with Crippen molar-refractivity contribution in [1.29, 1.82) is 0 Å². The lowest BCUT2D eigenvalue weighted by Gasteiger charge is -2.29. The second kappa shape index (κ2) is 10.7. The molecule has 8 heteroatoms. The molecule has 1 N–H and O–H groups in total. The van der Waals surface area contributed by atoms with Gasteiger partial charge in [-0.15, -0.1) is 0 Å². The number of nitrogens with zero attached hydrogens (tertiary/aromatic N) is 2. The molecule has 2 aromatic carbocycles.